The van der Waals surface area contributed by atoms with Gasteiger partial charge < -0.3 is 5.32 Å². The molecule has 0 spiro atoms. The van der Waals surface area contributed by atoms with Gasteiger partial charge in [0.1, 0.15) is 0 Å². The van der Waals surface area contributed by atoms with Gasteiger partial charge in [0.05, 0.1) is 0 Å². The lowest BCUT2D eigenvalue weighted by molar-refractivity contribution is 0.457. The van der Waals surface area contributed by atoms with Crippen molar-refractivity contribution in [3.05, 3.63) is 41.3 Å². The van der Waals surface area contributed by atoms with Crippen LogP contribution in [0.1, 0.15) is 12.0 Å². The molecule has 1 saturated heterocycles. The number of rotatable bonds is 5. The topological polar surface area (TPSA) is 49.4 Å². The minimum Gasteiger partial charge on any atom is -0.319 e. The van der Waals surface area contributed by atoms with Crippen molar-refractivity contribution in [2.45, 2.75) is 6.42 Å². The van der Waals surface area contributed by atoms with E-state index in [1.54, 1.807) is 10.4 Å². The fourth-order valence-electron chi connectivity index (χ4n) is 2.30. The average Bonchev–Trinajstić information content (AvgIpc) is 2.88. The van der Waals surface area contributed by atoms with Crippen LogP contribution >= 0.6 is 0 Å². The summed E-state index contributed by atoms with van der Waals surface area (Å²) in [5, 5.41) is 4.41. The van der Waals surface area contributed by atoms with Gasteiger partial charge in [0.15, 0.2) is 0 Å². The van der Waals surface area contributed by atoms with E-state index in [2.05, 4.69) is 5.32 Å². The Morgan fingerprint density at radius 3 is 2.79 bits per heavy atom. The Bertz CT molecular complexity index is 526. The molecular weight excluding hydrogens is 260 g/mol. The van der Waals surface area contributed by atoms with Crippen molar-refractivity contribution in [3.63, 3.8) is 0 Å². The summed E-state index contributed by atoms with van der Waals surface area (Å²) >= 11 is 0. The molecule has 0 aromatic heterocycles. The number of nitrogens with zero attached hydrogens (tertiary/aromatic N) is 1. The van der Waals surface area contributed by atoms with E-state index < -0.39 is 10.0 Å². The van der Waals surface area contributed by atoms with Gasteiger partial charge in [-0.2, -0.15) is 4.31 Å². The van der Waals surface area contributed by atoms with Crippen LogP contribution in [0.3, 0.4) is 0 Å². The predicted octanol–water partition coefficient (Wildman–Crippen LogP) is 1.53. The Kier molecular flexibility index (Phi) is 4.74. The van der Waals surface area contributed by atoms with Gasteiger partial charge in [-0.3, -0.25) is 0 Å². The molecule has 2 rings (SSSR count). The summed E-state index contributed by atoms with van der Waals surface area (Å²) in [6, 6.07) is 9.48. The quantitative estimate of drug-likeness (QED) is 0.890. The van der Waals surface area contributed by atoms with Gasteiger partial charge in [-0.15, -0.1) is 0 Å². The van der Waals surface area contributed by atoms with Gasteiger partial charge in [0, 0.05) is 18.5 Å². The second-order valence-corrected chi connectivity index (χ2v) is 6.65. The smallest absolute Gasteiger partial charge is 0.236 e. The molecule has 0 bridgehead atoms. The molecule has 4 nitrogen and oxygen atoms in total. The highest BCUT2D eigenvalue weighted by Crippen LogP contribution is 2.20. The molecule has 5 heteroatoms. The lowest BCUT2D eigenvalue weighted by atomic mass is 10.1. The van der Waals surface area contributed by atoms with Crippen molar-refractivity contribution in [3.8, 4) is 0 Å². The van der Waals surface area contributed by atoms with Crippen molar-refractivity contribution in [1.29, 1.82) is 0 Å². The van der Waals surface area contributed by atoms with Gasteiger partial charge >= 0.3 is 0 Å². The zero-order valence-electron chi connectivity index (χ0n) is 11.1. The van der Waals surface area contributed by atoms with Crippen LogP contribution in [0.4, 0.5) is 0 Å². The largest absolute Gasteiger partial charge is 0.319 e. The zero-order chi connectivity index (χ0) is 13.7. The molecule has 1 fully saturated rings. The van der Waals surface area contributed by atoms with Crippen molar-refractivity contribution in [2.24, 2.45) is 5.92 Å². The summed E-state index contributed by atoms with van der Waals surface area (Å²) in [4.78, 5) is 0. The van der Waals surface area contributed by atoms with Gasteiger partial charge in [-0.05, 0) is 37.6 Å². The standard InChI is InChI=1S/C14H20N2O2S/c1-15-11-14-7-9-16(12-14)19(17,18)10-8-13-5-3-2-4-6-13/h2-6,8,10,14-15H,7,9,11-12H2,1H3. The Labute approximate surface area is 115 Å². The Hall–Kier alpha value is -1.17. The Balaban J connectivity index is 2.02. The second kappa shape index (κ2) is 6.32. The molecule has 19 heavy (non-hydrogen) atoms. The Morgan fingerprint density at radius 1 is 1.37 bits per heavy atom. The van der Waals surface area contributed by atoms with Crippen LogP contribution in [0.15, 0.2) is 35.7 Å². The summed E-state index contributed by atoms with van der Waals surface area (Å²) in [7, 11) is -1.39. The molecule has 1 unspecified atom stereocenters. The molecule has 0 aliphatic carbocycles. The van der Waals surface area contributed by atoms with Crippen LogP contribution in [0.25, 0.3) is 6.08 Å². The van der Waals surface area contributed by atoms with Gasteiger partial charge in [0.25, 0.3) is 0 Å². The van der Waals surface area contributed by atoms with Gasteiger partial charge in [-0.1, -0.05) is 30.3 Å². The van der Waals surface area contributed by atoms with Gasteiger partial charge in [0.2, 0.25) is 10.0 Å². The maximum atomic E-state index is 12.2. The molecular formula is C14H20N2O2S. The zero-order valence-corrected chi connectivity index (χ0v) is 11.9. The first kappa shape index (κ1) is 14.2. The highest BCUT2D eigenvalue weighted by Gasteiger charge is 2.29. The van der Waals surface area contributed by atoms with Crippen molar-refractivity contribution in [2.75, 3.05) is 26.7 Å². The summed E-state index contributed by atoms with van der Waals surface area (Å²) in [6.45, 7) is 2.10. The molecule has 1 aromatic carbocycles. The molecule has 0 saturated carbocycles. The molecule has 1 aromatic rings. The van der Waals surface area contributed by atoms with Crippen LogP contribution in [-0.2, 0) is 10.0 Å². The molecule has 1 N–H and O–H groups in total. The van der Waals surface area contributed by atoms with Crippen LogP contribution in [0.5, 0.6) is 0 Å². The van der Waals surface area contributed by atoms with Crippen LogP contribution < -0.4 is 5.32 Å². The lowest BCUT2D eigenvalue weighted by Crippen LogP contribution is -2.28. The summed E-state index contributed by atoms with van der Waals surface area (Å²) < 4.78 is 25.9. The van der Waals surface area contributed by atoms with E-state index in [0.29, 0.717) is 19.0 Å². The summed E-state index contributed by atoms with van der Waals surface area (Å²) in [5.41, 5.74) is 0.900. The van der Waals surface area contributed by atoms with Crippen LogP contribution in [0.2, 0.25) is 0 Å². The fraction of sp³-hybridized carbons (Fsp3) is 0.429. The van der Waals surface area contributed by atoms with E-state index in [0.717, 1.165) is 18.5 Å². The third-order valence-corrected chi connectivity index (χ3v) is 4.86. The molecule has 1 aliphatic heterocycles. The highest BCUT2D eigenvalue weighted by molar-refractivity contribution is 7.92. The maximum absolute atomic E-state index is 12.2. The first-order chi connectivity index (χ1) is 9.12. The fourth-order valence-corrected chi connectivity index (χ4v) is 3.58. The van der Waals surface area contributed by atoms with Crippen LogP contribution in [-0.4, -0.2) is 39.4 Å². The van der Waals surface area contributed by atoms with E-state index in [1.165, 1.54) is 5.41 Å². The Morgan fingerprint density at radius 2 is 2.11 bits per heavy atom. The average molecular weight is 280 g/mol. The monoisotopic (exact) mass is 280 g/mol. The van der Waals surface area contributed by atoms with E-state index in [9.17, 15) is 8.42 Å². The minimum atomic E-state index is -3.28. The molecule has 1 heterocycles. The molecule has 0 radical (unpaired) electrons. The van der Waals surface area contributed by atoms with Crippen molar-refractivity contribution in [1.82, 2.24) is 9.62 Å². The summed E-state index contributed by atoms with van der Waals surface area (Å²) in [5.74, 6) is 0.421. The third kappa shape index (κ3) is 3.89. The number of hydrogen-bond donors (Lipinski definition) is 1. The van der Waals surface area contributed by atoms with Crippen LogP contribution in [0, 0.1) is 5.92 Å². The van der Waals surface area contributed by atoms with E-state index >= 15 is 0 Å². The number of sulfonamides is 1. The van der Waals surface area contributed by atoms with E-state index in [4.69, 9.17) is 0 Å². The predicted molar refractivity (Wildman–Crippen MR) is 78.0 cm³/mol. The minimum absolute atomic E-state index is 0.421. The third-order valence-electron chi connectivity index (χ3n) is 3.33. The number of hydrogen-bond acceptors (Lipinski definition) is 3. The van der Waals surface area contributed by atoms with Gasteiger partial charge in [-0.25, -0.2) is 8.42 Å². The normalized spacial score (nSPS) is 21.2. The molecule has 0 amide bonds. The maximum Gasteiger partial charge on any atom is 0.236 e. The second-order valence-electron chi connectivity index (χ2n) is 4.83. The molecule has 104 valence electrons. The number of benzene rings is 1. The molecule has 1 aliphatic rings. The van der Waals surface area contributed by atoms with Crippen molar-refractivity contribution < 1.29 is 8.42 Å². The first-order valence-corrected chi connectivity index (χ1v) is 8.00. The lowest BCUT2D eigenvalue weighted by Gasteiger charge is -2.13. The SMILES string of the molecule is CNCC1CCN(S(=O)(=O)C=Cc2ccccc2)C1. The van der Waals surface area contributed by atoms with Crippen molar-refractivity contribution >= 4 is 16.1 Å². The first-order valence-electron chi connectivity index (χ1n) is 6.50. The summed E-state index contributed by atoms with van der Waals surface area (Å²) in [6.07, 6.45) is 2.58. The van der Waals surface area contributed by atoms with E-state index in [-0.39, 0.29) is 0 Å². The molecule has 1 atom stereocenters. The highest BCUT2D eigenvalue weighted by atomic mass is 32.2. The van der Waals surface area contributed by atoms with E-state index in [1.807, 2.05) is 37.4 Å². The number of nitrogens with one attached hydrogen (secondary N) is 1.